The Balaban J connectivity index is 2.05. The summed E-state index contributed by atoms with van der Waals surface area (Å²) in [4.78, 5) is 0. The van der Waals surface area contributed by atoms with E-state index in [0.29, 0.717) is 0 Å². The van der Waals surface area contributed by atoms with Crippen molar-refractivity contribution in [2.45, 2.75) is 27.7 Å². The summed E-state index contributed by atoms with van der Waals surface area (Å²) in [6.45, 7) is 8.88. The molecular weight excluding hydrogens is 430 g/mol. The predicted octanol–water partition coefficient (Wildman–Crippen LogP) is 9.29. The molecule has 4 aromatic rings. The Morgan fingerprint density at radius 3 is 1.25 bits per heavy atom. The van der Waals surface area contributed by atoms with Gasteiger partial charge in [-0.1, -0.05) is 88.4 Å². The van der Waals surface area contributed by atoms with Gasteiger partial charge in [-0.25, -0.2) is 0 Å². The van der Waals surface area contributed by atoms with Crippen LogP contribution in [0.5, 0.6) is 11.5 Å². The first kappa shape index (κ1) is 23.0. The molecule has 0 atom stereocenters. The average Bonchev–Trinajstić information content (AvgIpc) is 2.85. The third-order valence-electron chi connectivity index (χ3n) is 5.90. The third-order valence-corrected chi connectivity index (χ3v) is 9.63. The molecule has 32 heavy (non-hydrogen) atoms. The molecule has 166 valence electrons. The zero-order valence-electron chi connectivity index (χ0n) is 19.5. The van der Waals surface area contributed by atoms with Crippen LogP contribution in [0.2, 0.25) is 0 Å². The van der Waals surface area contributed by atoms with Crippen LogP contribution >= 0.6 is 16.3 Å². The topological polar surface area (TPSA) is 18.5 Å². The zero-order valence-corrected chi connectivity index (χ0v) is 21.3. The van der Waals surface area contributed by atoms with Crippen LogP contribution in [0.15, 0.2) is 72.8 Å². The average molecular weight is 463 g/mol. The number of hydrogen-bond donors (Lipinski definition) is 0. The molecule has 0 bridgehead atoms. The van der Waals surface area contributed by atoms with E-state index in [-0.39, 0.29) is 0 Å². The summed E-state index contributed by atoms with van der Waals surface area (Å²) < 4.78 is 13.4. The minimum atomic E-state index is -0.507. The van der Waals surface area contributed by atoms with E-state index in [0.717, 1.165) is 47.3 Å². The van der Waals surface area contributed by atoms with Crippen LogP contribution in [0, 0.1) is 0 Å². The molecule has 0 spiro atoms. The second-order valence-corrected chi connectivity index (χ2v) is 12.6. The van der Waals surface area contributed by atoms with E-state index >= 15 is 0 Å². The van der Waals surface area contributed by atoms with Crippen molar-refractivity contribution in [3.05, 3.63) is 72.8 Å². The minimum absolute atomic E-state index is 0.507. The number of benzene rings is 4. The molecule has 0 heterocycles. The maximum Gasteiger partial charge on any atom is 0.131 e. The lowest BCUT2D eigenvalue weighted by Gasteiger charge is -2.24. The van der Waals surface area contributed by atoms with Crippen LogP contribution in [-0.2, 0) is 0 Å². The second kappa shape index (κ2) is 10.7. The predicted molar refractivity (Wildman–Crippen MR) is 144 cm³/mol. The Labute approximate surface area is 194 Å². The summed E-state index contributed by atoms with van der Waals surface area (Å²) in [6, 6.07) is 25.9. The van der Waals surface area contributed by atoms with Crippen molar-refractivity contribution in [2.24, 2.45) is 0 Å². The molecule has 0 amide bonds. The molecule has 4 rings (SSSR count). The molecule has 0 aromatic heterocycles. The molecule has 2 nitrogen and oxygen atoms in total. The summed E-state index contributed by atoms with van der Waals surface area (Å²) in [6.07, 6.45) is 4.20. The van der Waals surface area contributed by atoms with E-state index in [1.165, 1.54) is 21.5 Å². The Morgan fingerprint density at radius 1 is 0.500 bits per heavy atom. The lowest BCUT2D eigenvalue weighted by atomic mass is 9.92. The lowest BCUT2D eigenvalue weighted by Crippen LogP contribution is -1.99. The van der Waals surface area contributed by atoms with Crippen molar-refractivity contribution >= 4 is 37.8 Å². The van der Waals surface area contributed by atoms with Crippen molar-refractivity contribution in [2.75, 3.05) is 24.6 Å². The van der Waals surface area contributed by atoms with Crippen LogP contribution in [0.4, 0.5) is 0 Å². The SMILES string of the molecule is CCP(CC)Oc1ccc2ccccc2c1-c1c(OP(CC)CC)ccc2ccccc12. The van der Waals surface area contributed by atoms with E-state index in [4.69, 9.17) is 9.05 Å². The van der Waals surface area contributed by atoms with E-state index < -0.39 is 16.3 Å². The van der Waals surface area contributed by atoms with Gasteiger partial charge in [0.1, 0.15) is 11.5 Å². The molecule has 0 N–H and O–H groups in total. The zero-order chi connectivity index (χ0) is 22.5. The summed E-state index contributed by atoms with van der Waals surface area (Å²) in [5.41, 5.74) is 2.32. The van der Waals surface area contributed by atoms with Crippen molar-refractivity contribution < 1.29 is 9.05 Å². The second-order valence-electron chi connectivity index (χ2n) is 7.73. The van der Waals surface area contributed by atoms with Gasteiger partial charge in [0.05, 0.1) is 16.3 Å². The van der Waals surface area contributed by atoms with Gasteiger partial charge in [0, 0.05) is 35.8 Å². The molecule has 0 radical (unpaired) electrons. The third kappa shape index (κ3) is 4.63. The van der Waals surface area contributed by atoms with Crippen molar-refractivity contribution in [1.29, 1.82) is 0 Å². The fourth-order valence-electron chi connectivity index (χ4n) is 4.15. The normalized spacial score (nSPS) is 11.6. The maximum atomic E-state index is 6.68. The van der Waals surface area contributed by atoms with Gasteiger partial charge in [0.15, 0.2) is 0 Å². The smallest absolute Gasteiger partial charge is 0.131 e. The van der Waals surface area contributed by atoms with Crippen LogP contribution in [0.25, 0.3) is 32.7 Å². The molecule has 0 saturated carbocycles. The first-order valence-corrected chi connectivity index (χ1v) is 14.9. The van der Waals surface area contributed by atoms with Crippen molar-refractivity contribution in [3.63, 3.8) is 0 Å². The Morgan fingerprint density at radius 2 is 0.875 bits per heavy atom. The molecule has 0 saturated heterocycles. The lowest BCUT2D eigenvalue weighted by molar-refractivity contribution is 0.608. The van der Waals surface area contributed by atoms with E-state index in [1.54, 1.807) is 0 Å². The van der Waals surface area contributed by atoms with Crippen LogP contribution < -0.4 is 9.05 Å². The largest absolute Gasteiger partial charge is 0.473 e. The van der Waals surface area contributed by atoms with Gasteiger partial charge in [0.25, 0.3) is 0 Å². The van der Waals surface area contributed by atoms with Gasteiger partial charge < -0.3 is 9.05 Å². The Bertz CT molecular complexity index is 1100. The number of rotatable bonds is 9. The highest BCUT2D eigenvalue weighted by Gasteiger charge is 2.21. The first-order valence-electron chi connectivity index (χ1n) is 11.6. The van der Waals surface area contributed by atoms with Gasteiger partial charge in [-0.2, -0.15) is 0 Å². The highest BCUT2D eigenvalue weighted by atomic mass is 31.1. The summed E-state index contributed by atoms with van der Waals surface area (Å²) >= 11 is 0. The summed E-state index contributed by atoms with van der Waals surface area (Å²) in [7, 11) is -1.01. The van der Waals surface area contributed by atoms with Crippen molar-refractivity contribution in [1.82, 2.24) is 0 Å². The molecule has 0 aliphatic rings. The van der Waals surface area contributed by atoms with Gasteiger partial charge >= 0.3 is 0 Å². The Kier molecular flexibility index (Phi) is 7.67. The fourth-order valence-corrected chi connectivity index (χ4v) is 6.43. The highest BCUT2D eigenvalue weighted by Crippen LogP contribution is 2.51. The first-order chi connectivity index (χ1) is 15.7. The molecule has 4 aromatic carbocycles. The molecular formula is C28H32O2P2. The van der Waals surface area contributed by atoms with E-state index in [2.05, 4.69) is 100 Å². The fraction of sp³-hybridized carbons (Fsp3) is 0.286. The molecule has 4 heteroatoms. The number of hydrogen-bond acceptors (Lipinski definition) is 2. The van der Waals surface area contributed by atoms with Gasteiger partial charge in [-0.05, 0) is 33.7 Å². The van der Waals surface area contributed by atoms with Crippen molar-refractivity contribution in [3.8, 4) is 22.6 Å². The van der Waals surface area contributed by atoms with Gasteiger partial charge in [0.2, 0.25) is 0 Å². The summed E-state index contributed by atoms with van der Waals surface area (Å²) in [5.74, 6) is 1.94. The summed E-state index contributed by atoms with van der Waals surface area (Å²) in [5, 5.41) is 4.87. The molecule has 0 fully saturated rings. The van der Waals surface area contributed by atoms with Crippen LogP contribution in [-0.4, -0.2) is 24.6 Å². The molecule has 0 aliphatic carbocycles. The van der Waals surface area contributed by atoms with E-state index in [1.807, 2.05) is 0 Å². The van der Waals surface area contributed by atoms with Crippen LogP contribution in [0.3, 0.4) is 0 Å². The maximum absolute atomic E-state index is 6.68. The molecule has 0 unspecified atom stereocenters. The number of fused-ring (bicyclic) bond motifs is 2. The Hall–Kier alpha value is -2.14. The molecule has 0 aliphatic heterocycles. The van der Waals surface area contributed by atoms with E-state index in [9.17, 15) is 0 Å². The van der Waals surface area contributed by atoms with Gasteiger partial charge in [-0.15, -0.1) is 0 Å². The quantitative estimate of drug-likeness (QED) is 0.231. The minimum Gasteiger partial charge on any atom is -0.473 e. The highest BCUT2D eigenvalue weighted by molar-refractivity contribution is 7.53. The monoisotopic (exact) mass is 462 g/mol. The van der Waals surface area contributed by atoms with Gasteiger partial charge in [-0.3, -0.25) is 0 Å². The van der Waals surface area contributed by atoms with Crippen LogP contribution in [0.1, 0.15) is 27.7 Å². The standard InChI is InChI=1S/C28H32O2P2/c1-5-31(6-2)29-25-19-17-21-13-9-11-15-23(21)27(25)28-24-16-12-10-14-22(24)18-20-26(28)30-32(7-3)8-4/h9-20H,5-8H2,1-4H3.